The van der Waals surface area contributed by atoms with Gasteiger partial charge in [-0.15, -0.1) is 0 Å². The molecule has 1 aromatic carbocycles. The summed E-state index contributed by atoms with van der Waals surface area (Å²) >= 11 is 0. The van der Waals surface area contributed by atoms with Crippen LogP contribution in [0.25, 0.3) is 0 Å². The Hall–Kier alpha value is -3.95. The van der Waals surface area contributed by atoms with Gasteiger partial charge in [0.25, 0.3) is 11.5 Å². The van der Waals surface area contributed by atoms with Crippen LogP contribution in [0.15, 0.2) is 46.2 Å². The minimum Gasteiger partial charge on any atom is -0.496 e. The standard InChI is InChI=1S/C22H26N6O4/c1-4-5-10-27-19(23)18(20(29)26-22(27)31)28(13-15-8-6-7-9-17(15)32-3)21(30)16-12-24-14(2)11-25-16/h6-9,11-12H,4-5,10,13,23H2,1-3H3,(H,26,29,31). The fourth-order valence-corrected chi connectivity index (χ4v) is 3.27. The van der Waals surface area contributed by atoms with Gasteiger partial charge in [0.15, 0.2) is 5.69 Å². The van der Waals surface area contributed by atoms with Crippen LogP contribution in [0.2, 0.25) is 0 Å². The molecule has 0 bridgehead atoms. The molecule has 168 valence electrons. The highest BCUT2D eigenvalue weighted by atomic mass is 16.5. The molecule has 2 aromatic heterocycles. The zero-order chi connectivity index (χ0) is 23.3. The molecule has 0 aliphatic carbocycles. The van der Waals surface area contributed by atoms with Crippen molar-refractivity contribution in [2.75, 3.05) is 17.7 Å². The summed E-state index contributed by atoms with van der Waals surface area (Å²) in [5, 5.41) is 0. The first-order valence-electron chi connectivity index (χ1n) is 10.2. The van der Waals surface area contributed by atoms with Crippen molar-refractivity contribution in [3.63, 3.8) is 0 Å². The van der Waals surface area contributed by atoms with E-state index in [0.717, 1.165) is 6.42 Å². The number of amides is 1. The van der Waals surface area contributed by atoms with Gasteiger partial charge in [-0.3, -0.25) is 29.0 Å². The fraction of sp³-hybridized carbons (Fsp3) is 0.318. The molecular formula is C22H26N6O4. The molecule has 10 nitrogen and oxygen atoms in total. The van der Waals surface area contributed by atoms with E-state index in [1.165, 1.54) is 29.0 Å². The number of anilines is 2. The third-order valence-electron chi connectivity index (χ3n) is 4.99. The third kappa shape index (κ3) is 4.69. The van der Waals surface area contributed by atoms with Crippen molar-refractivity contribution in [3.05, 3.63) is 74.4 Å². The summed E-state index contributed by atoms with van der Waals surface area (Å²) in [7, 11) is 1.52. The summed E-state index contributed by atoms with van der Waals surface area (Å²) < 4.78 is 6.67. The number of para-hydroxylation sites is 1. The number of H-pyrrole nitrogens is 1. The van der Waals surface area contributed by atoms with Crippen LogP contribution >= 0.6 is 0 Å². The minimum atomic E-state index is -0.761. The van der Waals surface area contributed by atoms with Crippen LogP contribution in [0.1, 0.15) is 41.5 Å². The molecule has 3 aromatic rings. The Bertz CT molecular complexity index is 1220. The number of hydrogen-bond acceptors (Lipinski definition) is 7. The van der Waals surface area contributed by atoms with Crippen LogP contribution in [0.4, 0.5) is 11.5 Å². The lowest BCUT2D eigenvalue weighted by Gasteiger charge is -2.25. The molecule has 0 unspecified atom stereocenters. The number of rotatable bonds is 8. The number of hydrogen-bond donors (Lipinski definition) is 2. The molecule has 3 rings (SSSR count). The summed E-state index contributed by atoms with van der Waals surface area (Å²) in [6.07, 6.45) is 4.30. The predicted molar refractivity (Wildman–Crippen MR) is 121 cm³/mol. The number of unbranched alkanes of at least 4 members (excludes halogenated alkanes) is 1. The van der Waals surface area contributed by atoms with Gasteiger partial charge in [-0.05, 0) is 19.4 Å². The molecule has 0 saturated heterocycles. The van der Waals surface area contributed by atoms with Crippen molar-refractivity contribution in [3.8, 4) is 5.75 Å². The molecule has 32 heavy (non-hydrogen) atoms. The molecule has 3 N–H and O–H groups in total. The van der Waals surface area contributed by atoms with Crippen molar-refractivity contribution < 1.29 is 9.53 Å². The monoisotopic (exact) mass is 438 g/mol. The van der Waals surface area contributed by atoms with Gasteiger partial charge in [-0.1, -0.05) is 31.5 Å². The van der Waals surface area contributed by atoms with Crippen LogP contribution in [-0.2, 0) is 13.1 Å². The van der Waals surface area contributed by atoms with E-state index in [4.69, 9.17) is 10.5 Å². The molecule has 0 radical (unpaired) electrons. The molecular weight excluding hydrogens is 412 g/mol. The normalized spacial score (nSPS) is 10.7. The molecule has 0 fully saturated rings. The average molecular weight is 438 g/mol. The SMILES string of the molecule is CCCCn1c(N)c(N(Cc2ccccc2OC)C(=O)c2cnc(C)cn2)c(=O)[nH]c1=O. The van der Waals surface area contributed by atoms with E-state index in [1.807, 2.05) is 6.92 Å². The highest BCUT2D eigenvalue weighted by Crippen LogP contribution is 2.25. The van der Waals surface area contributed by atoms with Crippen molar-refractivity contribution in [2.24, 2.45) is 0 Å². The Morgan fingerprint density at radius 1 is 1.22 bits per heavy atom. The highest BCUT2D eigenvalue weighted by molar-refractivity contribution is 6.05. The van der Waals surface area contributed by atoms with Crippen LogP contribution in [0.3, 0.4) is 0 Å². The second-order valence-electron chi connectivity index (χ2n) is 7.24. The first-order chi connectivity index (χ1) is 15.4. The Morgan fingerprint density at radius 2 is 1.97 bits per heavy atom. The molecule has 0 aliphatic rings. The lowest BCUT2D eigenvalue weighted by molar-refractivity contribution is 0.0979. The lowest BCUT2D eigenvalue weighted by atomic mass is 10.1. The van der Waals surface area contributed by atoms with Gasteiger partial charge in [0.1, 0.15) is 17.3 Å². The molecule has 10 heteroatoms. The van der Waals surface area contributed by atoms with E-state index in [0.29, 0.717) is 30.0 Å². The number of benzene rings is 1. The molecule has 0 aliphatic heterocycles. The number of nitrogens with one attached hydrogen (secondary N) is 1. The number of aryl methyl sites for hydroxylation is 1. The lowest BCUT2D eigenvalue weighted by Crippen LogP contribution is -2.41. The van der Waals surface area contributed by atoms with E-state index in [-0.39, 0.29) is 23.7 Å². The number of ether oxygens (including phenoxy) is 1. The summed E-state index contributed by atoms with van der Waals surface area (Å²) in [5.74, 6) is -0.133. The van der Waals surface area contributed by atoms with E-state index < -0.39 is 17.2 Å². The highest BCUT2D eigenvalue weighted by Gasteiger charge is 2.27. The van der Waals surface area contributed by atoms with E-state index in [1.54, 1.807) is 31.2 Å². The summed E-state index contributed by atoms with van der Waals surface area (Å²) in [6.45, 7) is 4.01. The van der Waals surface area contributed by atoms with Crippen molar-refractivity contribution in [1.29, 1.82) is 0 Å². The van der Waals surface area contributed by atoms with E-state index >= 15 is 0 Å². The molecule has 2 heterocycles. The van der Waals surface area contributed by atoms with Crippen molar-refractivity contribution in [1.82, 2.24) is 19.5 Å². The Kier molecular flexibility index (Phi) is 7.04. The minimum absolute atomic E-state index is 0.0301. The summed E-state index contributed by atoms with van der Waals surface area (Å²) in [5.41, 5.74) is 6.09. The zero-order valence-electron chi connectivity index (χ0n) is 18.3. The number of methoxy groups -OCH3 is 1. The zero-order valence-corrected chi connectivity index (χ0v) is 18.3. The maximum atomic E-state index is 13.5. The number of carbonyl (C=O) groups excluding carboxylic acids is 1. The summed E-state index contributed by atoms with van der Waals surface area (Å²) in [4.78, 5) is 50.4. The molecule has 0 spiro atoms. The second kappa shape index (κ2) is 9.90. The van der Waals surface area contributed by atoms with Gasteiger partial charge < -0.3 is 10.5 Å². The fourth-order valence-electron chi connectivity index (χ4n) is 3.27. The average Bonchev–Trinajstić information content (AvgIpc) is 2.78. The van der Waals surface area contributed by atoms with Gasteiger partial charge >= 0.3 is 5.69 Å². The molecule has 0 atom stereocenters. The van der Waals surface area contributed by atoms with Crippen LogP contribution < -0.4 is 26.6 Å². The Labute approximate surface area is 184 Å². The number of nitrogens with two attached hydrogens (primary N) is 1. The van der Waals surface area contributed by atoms with Gasteiger partial charge in [-0.2, -0.15) is 0 Å². The number of carbonyl (C=O) groups is 1. The Morgan fingerprint density at radius 3 is 2.62 bits per heavy atom. The largest absolute Gasteiger partial charge is 0.496 e. The van der Waals surface area contributed by atoms with Crippen molar-refractivity contribution in [2.45, 2.75) is 39.8 Å². The van der Waals surface area contributed by atoms with E-state index in [9.17, 15) is 14.4 Å². The first kappa shape index (κ1) is 22.7. The Balaban J connectivity index is 2.18. The van der Waals surface area contributed by atoms with E-state index in [2.05, 4.69) is 15.0 Å². The smallest absolute Gasteiger partial charge is 0.330 e. The van der Waals surface area contributed by atoms with Crippen LogP contribution in [0.5, 0.6) is 5.75 Å². The quantitative estimate of drug-likeness (QED) is 0.548. The topological polar surface area (TPSA) is 136 Å². The second-order valence-corrected chi connectivity index (χ2v) is 7.24. The molecule has 0 saturated carbocycles. The van der Waals surface area contributed by atoms with Gasteiger partial charge in [0.2, 0.25) is 0 Å². The number of nitrogens with zero attached hydrogens (tertiary/aromatic N) is 4. The van der Waals surface area contributed by atoms with Gasteiger partial charge in [0.05, 0.1) is 25.5 Å². The number of nitrogen functional groups attached to an aromatic ring is 1. The molecule has 1 amide bonds. The van der Waals surface area contributed by atoms with Gasteiger partial charge in [0, 0.05) is 18.3 Å². The van der Waals surface area contributed by atoms with Gasteiger partial charge in [-0.25, -0.2) is 9.78 Å². The van der Waals surface area contributed by atoms with Crippen LogP contribution in [0, 0.1) is 6.92 Å². The summed E-state index contributed by atoms with van der Waals surface area (Å²) in [6, 6.07) is 7.12. The maximum Gasteiger partial charge on any atom is 0.330 e. The van der Waals surface area contributed by atoms with Crippen LogP contribution in [-0.4, -0.2) is 32.5 Å². The maximum absolute atomic E-state index is 13.5. The number of aromatic nitrogens is 4. The number of aromatic amines is 1. The predicted octanol–water partition coefficient (Wildman–Crippen LogP) is 1.87. The first-order valence-corrected chi connectivity index (χ1v) is 10.2. The van der Waals surface area contributed by atoms with Crippen molar-refractivity contribution >= 4 is 17.4 Å². The third-order valence-corrected chi connectivity index (χ3v) is 4.99.